The molecule has 0 aliphatic carbocycles. The third-order valence-electron chi connectivity index (χ3n) is 2.32. The van der Waals surface area contributed by atoms with E-state index in [1.54, 1.807) is 12.5 Å². The summed E-state index contributed by atoms with van der Waals surface area (Å²) in [5, 5.41) is 11.0. The Morgan fingerprint density at radius 1 is 1.50 bits per heavy atom. The molecule has 84 valence electrons. The number of hydrogen-bond acceptors (Lipinski definition) is 5. The van der Waals surface area contributed by atoms with E-state index in [-0.39, 0.29) is 0 Å². The fourth-order valence-electron chi connectivity index (χ4n) is 1.41. The van der Waals surface area contributed by atoms with E-state index >= 15 is 0 Å². The molecule has 3 N–H and O–H groups in total. The number of pyridine rings is 1. The van der Waals surface area contributed by atoms with Crippen molar-refractivity contribution in [2.45, 2.75) is 13.5 Å². The molecule has 6 heteroatoms. The number of nitrogens with one attached hydrogen (secondary N) is 1. The molecule has 0 unspecified atom stereocenters. The molecule has 0 saturated heterocycles. The minimum atomic E-state index is 0.592. The number of nitrogens with zero attached hydrogens (tertiary/aromatic N) is 4. The number of rotatable bonds is 3. The summed E-state index contributed by atoms with van der Waals surface area (Å²) in [6, 6.07) is 1.88. The van der Waals surface area contributed by atoms with Crippen molar-refractivity contribution in [3.63, 3.8) is 0 Å². The Hall–Kier alpha value is -2.11. The largest absolute Gasteiger partial charge is 0.397 e. The first-order chi connectivity index (χ1) is 7.66. The molecule has 2 aromatic rings. The molecule has 0 aromatic carbocycles. The smallest absolute Gasteiger partial charge is 0.151 e. The van der Waals surface area contributed by atoms with E-state index < -0.39 is 0 Å². The van der Waals surface area contributed by atoms with Gasteiger partial charge >= 0.3 is 0 Å². The SMILES string of the molecule is Cc1cc(N)cnc1NCc1nncn1C. The zero-order chi connectivity index (χ0) is 11.5. The molecule has 6 nitrogen and oxygen atoms in total. The van der Waals surface area contributed by atoms with Gasteiger partial charge < -0.3 is 15.6 Å². The van der Waals surface area contributed by atoms with Crippen LogP contribution in [0.3, 0.4) is 0 Å². The molecule has 2 aromatic heterocycles. The first-order valence-electron chi connectivity index (χ1n) is 4.95. The summed E-state index contributed by atoms with van der Waals surface area (Å²) in [6.07, 6.45) is 3.30. The fourth-order valence-corrected chi connectivity index (χ4v) is 1.41. The Balaban J connectivity index is 2.08. The van der Waals surface area contributed by atoms with E-state index in [1.165, 1.54) is 0 Å². The lowest BCUT2D eigenvalue weighted by atomic mass is 10.2. The van der Waals surface area contributed by atoms with E-state index in [0.717, 1.165) is 17.2 Å². The van der Waals surface area contributed by atoms with Gasteiger partial charge in [0.15, 0.2) is 5.82 Å². The second-order valence-corrected chi connectivity index (χ2v) is 3.65. The van der Waals surface area contributed by atoms with E-state index in [2.05, 4.69) is 20.5 Å². The van der Waals surface area contributed by atoms with E-state index in [0.29, 0.717) is 12.2 Å². The second-order valence-electron chi connectivity index (χ2n) is 3.65. The molecule has 0 spiro atoms. The summed E-state index contributed by atoms with van der Waals surface area (Å²) in [4.78, 5) is 4.21. The van der Waals surface area contributed by atoms with Crippen LogP contribution >= 0.6 is 0 Å². The van der Waals surface area contributed by atoms with Crippen molar-refractivity contribution in [1.29, 1.82) is 0 Å². The van der Waals surface area contributed by atoms with Crippen molar-refractivity contribution >= 4 is 11.5 Å². The lowest BCUT2D eigenvalue weighted by Crippen LogP contribution is -2.08. The van der Waals surface area contributed by atoms with Crippen LogP contribution in [0, 0.1) is 6.92 Å². The molecule has 0 amide bonds. The van der Waals surface area contributed by atoms with Crippen LogP contribution in [0.4, 0.5) is 11.5 Å². The van der Waals surface area contributed by atoms with Gasteiger partial charge in [-0.15, -0.1) is 10.2 Å². The summed E-state index contributed by atoms with van der Waals surface area (Å²) in [6.45, 7) is 2.55. The van der Waals surface area contributed by atoms with Crippen molar-refractivity contribution in [3.05, 3.63) is 30.0 Å². The van der Waals surface area contributed by atoms with Crippen LogP contribution in [-0.2, 0) is 13.6 Å². The molecule has 0 bridgehead atoms. The van der Waals surface area contributed by atoms with Gasteiger partial charge in [0.25, 0.3) is 0 Å². The van der Waals surface area contributed by atoms with Crippen LogP contribution in [0.1, 0.15) is 11.4 Å². The quantitative estimate of drug-likeness (QED) is 0.793. The van der Waals surface area contributed by atoms with Crippen molar-refractivity contribution in [2.24, 2.45) is 7.05 Å². The summed E-state index contributed by atoms with van der Waals surface area (Å²) < 4.78 is 1.86. The van der Waals surface area contributed by atoms with Crippen LogP contribution in [0.25, 0.3) is 0 Å². The number of aryl methyl sites for hydroxylation is 2. The lowest BCUT2D eigenvalue weighted by Gasteiger charge is -2.08. The van der Waals surface area contributed by atoms with Crippen molar-refractivity contribution in [2.75, 3.05) is 11.1 Å². The van der Waals surface area contributed by atoms with Crippen LogP contribution in [0.2, 0.25) is 0 Å². The maximum atomic E-state index is 5.63. The monoisotopic (exact) mass is 218 g/mol. The zero-order valence-electron chi connectivity index (χ0n) is 9.31. The number of nitrogens with two attached hydrogens (primary N) is 1. The first kappa shape index (κ1) is 10.4. The van der Waals surface area contributed by atoms with Gasteiger partial charge in [0.05, 0.1) is 18.4 Å². The highest BCUT2D eigenvalue weighted by atomic mass is 15.3. The van der Waals surface area contributed by atoms with Crippen LogP contribution in [-0.4, -0.2) is 19.7 Å². The van der Waals surface area contributed by atoms with Gasteiger partial charge in [-0.2, -0.15) is 0 Å². The third-order valence-corrected chi connectivity index (χ3v) is 2.32. The highest BCUT2D eigenvalue weighted by Gasteiger charge is 2.03. The fraction of sp³-hybridized carbons (Fsp3) is 0.300. The maximum absolute atomic E-state index is 5.63. The minimum Gasteiger partial charge on any atom is -0.397 e. The topological polar surface area (TPSA) is 81.7 Å². The molecule has 0 radical (unpaired) electrons. The molecule has 0 saturated carbocycles. The van der Waals surface area contributed by atoms with Crippen molar-refractivity contribution < 1.29 is 0 Å². The zero-order valence-corrected chi connectivity index (χ0v) is 9.31. The molecule has 0 fully saturated rings. The average Bonchev–Trinajstić information content (AvgIpc) is 2.63. The highest BCUT2D eigenvalue weighted by molar-refractivity contribution is 5.50. The molecule has 0 atom stereocenters. The first-order valence-corrected chi connectivity index (χ1v) is 4.95. The predicted molar refractivity (Wildman–Crippen MR) is 61.7 cm³/mol. The highest BCUT2D eigenvalue weighted by Crippen LogP contribution is 2.14. The van der Waals surface area contributed by atoms with Gasteiger partial charge in [-0.05, 0) is 18.6 Å². The summed E-state index contributed by atoms with van der Waals surface area (Å²) in [5.74, 6) is 1.68. The van der Waals surface area contributed by atoms with Gasteiger partial charge in [0.1, 0.15) is 12.1 Å². The van der Waals surface area contributed by atoms with E-state index in [9.17, 15) is 0 Å². The van der Waals surface area contributed by atoms with Crippen LogP contribution < -0.4 is 11.1 Å². The van der Waals surface area contributed by atoms with Crippen LogP contribution in [0.15, 0.2) is 18.6 Å². The summed E-state index contributed by atoms with van der Waals surface area (Å²) >= 11 is 0. The average molecular weight is 218 g/mol. The Kier molecular flexibility index (Phi) is 2.72. The molecule has 0 aliphatic heterocycles. The second kappa shape index (κ2) is 4.18. The maximum Gasteiger partial charge on any atom is 0.151 e. The Labute approximate surface area is 93.5 Å². The number of hydrogen-bond donors (Lipinski definition) is 2. The molecule has 0 aliphatic rings. The summed E-state index contributed by atoms with van der Waals surface area (Å²) in [7, 11) is 1.90. The Bertz CT molecular complexity index is 490. The van der Waals surface area contributed by atoms with Crippen molar-refractivity contribution in [3.8, 4) is 0 Å². The van der Waals surface area contributed by atoms with Gasteiger partial charge in [0, 0.05) is 7.05 Å². The third kappa shape index (κ3) is 2.10. The Morgan fingerprint density at radius 2 is 2.31 bits per heavy atom. The van der Waals surface area contributed by atoms with E-state index in [4.69, 9.17) is 5.73 Å². The minimum absolute atomic E-state index is 0.592. The normalized spacial score (nSPS) is 10.4. The van der Waals surface area contributed by atoms with Gasteiger partial charge in [-0.25, -0.2) is 4.98 Å². The molecular formula is C10H14N6. The van der Waals surface area contributed by atoms with E-state index in [1.807, 2.05) is 24.6 Å². The summed E-state index contributed by atoms with van der Waals surface area (Å²) in [5.41, 5.74) is 7.31. The molecular weight excluding hydrogens is 204 g/mol. The number of anilines is 2. The number of nitrogen functional groups attached to an aromatic ring is 1. The van der Waals surface area contributed by atoms with Crippen LogP contribution in [0.5, 0.6) is 0 Å². The lowest BCUT2D eigenvalue weighted by molar-refractivity contribution is 0.809. The van der Waals surface area contributed by atoms with Gasteiger partial charge in [-0.1, -0.05) is 0 Å². The van der Waals surface area contributed by atoms with Crippen molar-refractivity contribution in [1.82, 2.24) is 19.7 Å². The number of aromatic nitrogens is 4. The van der Waals surface area contributed by atoms with Gasteiger partial charge in [0.2, 0.25) is 0 Å². The molecule has 16 heavy (non-hydrogen) atoms. The Morgan fingerprint density at radius 3 is 2.94 bits per heavy atom. The van der Waals surface area contributed by atoms with Gasteiger partial charge in [-0.3, -0.25) is 0 Å². The predicted octanol–water partition coefficient (Wildman–Crippen LogP) is 0.713. The molecule has 2 rings (SSSR count). The standard InChI is InChI=1S/C10H14N6/c1-7-3-8(11)4-12-10(7)13-5-9-15-14-6-16(9)2/h3-4,6H,5,11H2,1-2H3,(H,12,13). The molecule has 2 heterocycles.